The molecule has 1 saturated heterocycles. The molecule has 0 atom stereocenters. The minimum atomic E-state index is -4.82. The number of carbonyl (C=O) groups is 1. The first-order valence-electron chi connectivity index (χ1n) is 7.95. The summed E-state index contributed by atoms with van der Waals surface area (Å²) in [6.45, 7) is 0.921. The number of likely N-dealkylation sites (tertiary alicyclic amines) is 1. The largest absolute Gasteiger partial charge is 0.574 e. The van der Waals surface area contributed by atoms with Crippen LogP contribution in [0.2, 0.25) is 0 Å². The van der Waals surface area contributed by atoms with E-state index in [9.17, 15) is 22.4 Å². The van der Waals surface area contributed by atoms with Crippen molar-refractivity contribution in [2.75, 3.05) is 23.7 Å². The molecular weight excluding hydrogens is 384 g/mol. The molecule has 1 aliphatic heterocycles. The standard InChI is InChI=1S/C16H14F4N6O2/c17-10(9-27)6-26-7-12(8-26)25-15-14(21-3-4-22-15)24-11-1-2-13(23-5-11)28-16(18,19)20/h1-6,9,12H,7-8H2,(H,21,24)(H,22,25). The zero-order chi connectivity index (χ0) is 20.1. The molecular formula is C16H14F4N6O2. The predicted molar refractivity (Wildman–Crippen MR) is 90.5 cm³/mol. The van der Waals surface area contributed by atoms with Crippen molar-refractivity contribution in [3.05, 3.63) is 42.8 Å². The second-order valence-electron chi connectivity index (χ2n) is 5.74. The van der Waals surface area contributed by atoms with Crippen LogP contribution in [-0.2, 0) is 4.79 Å². The molecule has 0 spiro atoms. The van der Waals surface area contributed by atoms with Gasteiger partial charge in [0.25, 0.3) is 0 Å². The van der Waals surface area contributed by atoms with Gasteiger partial charge in [-0.05, 0) is 6.07 Å². The van der Waals surface area contributed by atoms with Crippen molar-refractivity contribution in [3.63, 3.8) is 0 Å². The molecule has 0 radical (unpaired) electrons. The summed E-state index contributed by atoms with van der Waals surface area (Å²) < 4.78 is 53.1. The van der Waals surface area contributed by atoms with Crippen LogP contribution in [0.1, 0.15) is 0 Å². The Kier molecular flexibility index (Phi) is 5.57. The van der Waals surface area contributed by atoms with Crippen molar-refractivity contribution < 1.29 is 27.1 Å². The molecule has 0 saturated carbocycles. The van der Waals surface area contributed by atoms with Crippen LogP contribution in [-0.4, -0.2) is 51.6 Å². The van der Waals surface area contributed by atoms with Crippen molar-refractivity contribution in [1.29, 1.82) is 0 Å². The van der Waals surface area contributed by atoms with E-state index in [1.165, 1.54) is 18.5 Å². The van der Waals surface area contributed by atoms with Crippen LogP contribution in [0.15, 0.2) is 42.8 Å². The summed E-state index contributed by atoms with van der Waals surface area (Å²) in [5.41, 5.74) is 0.379. The molecule has 3 rings (SSSR count). The van der Waals surface area contributed by atoms with E-state index in [4.69, 9.17) is 0 Å². The number of nitrogens with zero attached hydrogens (tertiary/aromatic N) is 4. The number of rotatable bonds is 7. The number of ether oxygens (including phenoxy) is 1. The molecule has 2 aromatic heterocycles. The number of halogens is 4. The summed E-state index contributed by atoms with van der Waals surface area (Å²) in [6, 6.07) is 2.37. The number of aromatic nitrogens is 3. The van der Waals surface area contributed by atoms with Crippen LogP contribution in [0.3, 0.4) is 0 Å². The lowest BCUT2D eigenvalue weighted by molar-refractivity contribution is -0.276. The van der Waals surface area contributed by atoms with Crippen LogP contribution in [0.25, 0.3) is 0 Å². The lowest BCUT2D eigenvalue weighted by atomic mass is 10.1. The van der Waals surface area contributed by atoms with E-state index >= 15 is 0 Å². The zero-order valence-corrected chi connectivity index (χ0v) is 14.2. The van der Waals surface area contributed by atoms with Crippen molar-refractivity contribution in [2.24, 2.45) is 0 Å². The van der Waals surface area contributed by atoms with Crippen LogP contribution < -0.4 is 15.4 Å². The van der Waals surface area contributed by atoms with E-state index in [1.807, 2.05) is 0 Å². The predicted octanol–water partition coefficient (Wildman–Crippen LogP) is 2.62. The van der Waals surface area contributed by atoms with Gasteiger partial charge in [-0.25, -0.2) is 19.3 Å². The number of nitrogens with one attached hydrogen (secondary N) is 2. The maximum Gasteiger partial charge on any atom is 0.574 e. The van der Waals surface area contributed by atoms with E-state index in [1.54, 1.807) is 4.90 Å². The Bertz CT molecular complexity index is 853. The first-order valence-corrected chi connectivity index (χ1v) is 7.95. The van der Waals surface area contributed by atoms with Crippen LogP contribution in [0, 0.1) is 0 Å². The van der Waals surface area contributed by atoms with Gasteiger partial charge in [-0.2, -0.15) is 0 Å². The molecule has 0 unspecified atom stereocenters. The fourth-order valence-electron chi connectivity index (χ4n) is 2.41. The van der Waals surface area contributed by atoms with E-state index in [0.717, 1.165) is 18.5 Å². The molecule has 8 nitrogen and oxygen atoms in total. The Morgan fingerprint density at radius 1 is 1.18 bits per heavy atom. The Balaban J connectivity index is 1.61. The normalized spacial score (nSPS) is 15.0. The molecule has 1 aliphatic rings. The fourth-order valence-corrected chi connectivity index (χ4v) is 2.41. The minimum absolute atomic E-state index is 0.0476. The number of alkyl halides is 3. The lowest BCUT2D eigenvalue weighted by Crippen LogP contribution is -2.52. The first kappa shape index (κ1) is 19.3. The monoisotopic (exact) mass is 398 g/mol. The molecule has 0 amide bonds. The van der Waals surface area contributed by atoms with Gasteiger partial charge in [0.2, 0.25) is 5.88 Å². The number of pyridine rings is 1. The average molecular weight is 398 g/mol. The smallest absolute Gasteiger partial charge is 0.388 e. The van der Waals surface area contributed by atoms with E-state index < -0.39 is 18.1 Å². The van der Waals surface area contributed by atoms with Gasteiger partial charge < -0.3 is 20.3 Å². The molecule has 12 heteroatoms. The maximum absolute atomic E-state index is 12.9. The van der Waals surface area contributed by atoms with Crippen LogP contribution >= 0.6 is 0 Å². The Labute approximate surface area is 156 Å². The number of hydrogen-bond donors (Lipinski definition) is 2. The maximum atomic E-state index is 12.9. The Morgan fingerprint density at radius 2 is 1.89 bits per heavy atom. The second-order valence-corrected chi connectivity index (χ2v) is 5.74. The van der Waals surface area contributed by atoms with Crippen molar-refractivity contribution in [2.45, 2.75) is 12.4 Å². The van der Waals surface area contributed by atoms with Gasteiger partial charge in [0.05, 0.1) is 17.9 Å². The summed E-state index contributed by atoms with van der Waals surface area (Å²) in [5, 5.41) is 6.02. The second kappa shape index (κ2) is 8.06. The van der Waals surface area contributed by atoms with Gasteiger partial charge in [0, 0.05) is 37.7 Å². The molecule has 1 fully saturated rings. The molecule has 2 N–H and O–H groups in total. The highest BCUT2D eigenvalue weighted by Crippen LogP contribution is 2.25. The first-order chi connectivity index (χ1) is 13.3. The van der Waals surface area contributed by atoms with Gasteiger partial charge in [0.1, 0.15) is 0 Å². The summed E-state index contributed by atoms with van der Waals surface area (Å²) in [7, 11) is 0. The topological polar surface area (TPSA) is 92.3 Å². The van der Waals surface area contributed by atoms with E-state index in [2.05, 4.69) is 30.3 Å². The number of anilines is 3. The summed E-state index contributed by atoms with van der Waals surface area (Å²) in [5.74, 6) is -0.698. The van der Waals surface area contributed by atoms with Crippen LogP contribution in [0.4, 0.5) is 34.9 Å². The molecule has 0 bridgehead atoms. The highest BCUT2D eigenvalue weighted by molar-refractivity contribution is 5.69. The Morgan fingerprint density at radius 3 is 2.50 bits per heavy atom. The van der Waals surface area contributed by atoms with Crippen molar-refractivity contribution in [1.82, 2.24) is 19.9 Å². The van der Waals surface area contributed by atoms with Gasteiger partial charge in [-0.15, -0.1) is 13.2 Å². The number of allylic oxidation sites excluding steroid dienone is 1. The lowest BCUT2D eigenvalue weighted by Gasteiger charge is -2.39. The highest BCUT2D eigenvalue weighted by Gasteiger charge is 2.31. The third-order valence-electron chi connectivity index (χ3n) is 3.59. The van der Waals surface area contributed by atoms with Gasteiger partial charge in [0.15, 0.2) is 23.7 Å². The van der Waals surface area contributed by atoms with Crippen molar-refractivity contribution >= 4 is 23.6 Å². The summed E-state index contributed by atoms with van der Waals surface area (Å²) in [4.78, 5) is 23.8. The van der Waals surface area contributed by atoms with Crippen molar-refractivity contribution in [3.8, 4) is 5.88 Å². The molecule has 2 aromatic rings. The third kappa shape index (κ3) is 5.28. The number of aldehydes is 1. The summed E-state index contributed by atoms with van der Waals surface area (Å²) in [6.07, 6.45) is 0.510. The average Bonchev–Trinajstić information content (AvgIpc) is 2.61. The number of hydrogen-bond acceptors (Lipinski definition) is 8. The van der Waals surface area contributed by atoms with E-state index in [0.29, 0.717) is 30.4 Å². The van der Waals surface area contributed by atoms with Gasteiger partial charge >= 0.3 is 6.36 Å². The van der Waals surface area contributed by atoms with E-state index in [-0.39, 0.29) is 12.3 Å². The molecule has 0 aromatic carbocycles. The van der Waals surface area contributed by atoms with Crippen LogP contribution in [0.5, 0.6) is 5.88 Å². The Hall–Kier alpha value is -3.44. The molecule has 148 valence electrons. The molecule has 28 heavy (non-hydrogen) atoms. The molecule has 0 aliphatic carbocycles. The third-order valence-corrected chi connectivity index (χ3v) is 3.59. The fraction of sp³-hybridized carbons (Fsp3) is 0.250. The molecule has 3 heterocycles. The zero-order valence-electron chi connectivity index (χ0n) is 14.2. The quantitative estimate of drug-likeness (QED) is 0.418. The van der Waals surface area contributed by atoms with Gasteiger partial charge in [-0.3, -0.25) is 4.79 Å². The minimum Gasteiger partial charge on any atom is -0.388 e. The highest BCUT2D eigenvalue weighted by atomic mass is 19.4. The summed E-state index contributed by atoms with van der Waals surface area (Å²) >= 11 is 0. The van der Waals surface area contributed by atoms with Gasteiger partial charge in [-0.1, -0.05) is 0 Å². The number of carbonyl (C=O) groups excluding carboxylic acids is 1. The SMILES string of the molecule is O=CC(F)=CN1CC(Nc2nccnc2Nc2ccc(OC(F)(F)F)nc2)C1.